The fourth-order valence-corrected chi connectivity index (χ4v) is 2.74. The van der Waals surface area contributed by atoms with Gasteiger partial charge in [0.15, 0.2) is 5.84 Å². The van der Waals surface area contributed by atoms with Crippen molar-refractivity contribution in [3.05, 3.63) is 24.0 Å². The summed E-state index contributed by atoms with van der Waals surface area (Å²) in [6.45, 7) is 0. The summed E-state index contributed by atoms with van der Waals surface area (Å²) in [4.78, 5) is 16.1. The normalized spacial score (nSPS) is 18.8. The first-order valence-corrected chi connectivity index (χ1v) is 7.02. The molecule has 0 saturated heterocycles. The topological polar surface area (TPSA) is 121 Å². The molecule has 0 aliphatic heterocycles. The third-order valence-electron chi connectivity index (χ3n) is 3.95. The van der Waals surface area contributed by atoms with E-state index < -0.39 is 11.4 Å². The first-order valence-electron chi connectivity index (χ1n) is 7.02. The molecule has 0 spiro atoms. The third kappa shape index (κ3) is 3.24. The maximum Gasteiger partial charge on any atom is 0.255 e. The van der Waals surface area contributed by atoms with Crippen molar-refractivity contribution in [1.29, 1.82) is 0 Å². The Hall–Kier alpha value is -2.31. The van der Waals surface area contributed by atoms with Crippen LogP contribution in [0.2, 0.25) is 0 Å². The Kier molecular flexibility index (Phi) is 4.62. The summed E-state index contributed by atoms with van der Waals surface area (Å²) in [5.74, 6) is -0.645. The van der Waals surface area contributed by atoms with E-state index in [1.54, 1.807) is 0 Å². The molecule has 0 aromatic carbocycles. The zero-order valence-corrected chi connectivity index (χ0v) is 11.7. The summed E-state index contributed by atoms with van der Waals surface area (Å²) in [7, 11) is 0. The summed E-state index contributed by atoms with van der Waals surface area (Å²) in [5, 5.41) is 24.7. The van der Waals surface area contributed by atoms with Crippen molar-refractivity contribution < 1.29 is 15.1 Å². The molecule has 1 aromatic rings. The van der Waals surface area contributed by atoms with E-state index in [-0.39, 0.29) is 17.1 Å². The highest BCUT2D eigenvalue weighted by Gasteiger charge is 2.37. The summed E-state index contributed by atoms with van der Waals surface area (Å²) in [5.41, 5.74) is 5.09. The van der Waals surface area contributed by atoms with Crippen molar-refractivity contribution in [2.24, 2.45) is 10.9 Å². The fraction of sp³-hybridized carbons (Fsp3) is 0.500. The lowest BCUT2D eigenvalue weighted by Crippen LogP contribution is -2.57. The highest BCUT2D eigenvalue weighted by molar-refractivity contribution is 6.01. The number of amides is 1. The number of rotatable bonds is 3. The lowest BCUT2D eigenvalue weighted by molar-refractivity contribution is 0.0912. The molecule has 0 bridgehead atoms. The number of amidine groups is 1. The van der Waals surface area contributed by atoms with Gasteiger partial charge in [0.1, 0.15) is 11.3 Å². The Morgan fingerprint density at radius 2 is 2.00 bits per heavy atom. The van der Waals surface area contributed by atoms with E-state index in [0.717, 1.165) is 25.7 Å². The van der Waals surface area contributed by atoms with Crippen LogP contribution in [0.15, 0.2) is 23.6 Å². The maximum absolute atomic E-state index is 12.4. The van der Waals surface area contributed by atoms with Crippen molar-refractivity contribution >= 4 is 11.7 Å². The highest BCUT2D eigenvalue weighted by atomic mass is 16.4. The number of hydrogen-bond donors (Lipinski definition) is 4. The summed E-state index contributed by atoms with van der Waals surface area (Å²) < 4.78 is 0. The molecule has 0 radical (unpaired) electrons. The monoisotopic (exact) mass is 292 g/mol. The van der Waals surface area contributed by atoms with Crippen LogP contribution in [0, 0.1) is 0 Å². The summed E-state index contributed by atoms with van der Waals surface area (Å²) in [6.07, 6.45) is 7.74. The Balaban J connectivity index is 2.27. The lowest BCUT2D eigenvalue weighted by atomic mass is 9.88. The predicted molar refractivity (Wildman–Crippen MR) is 77.2 cm³/mol. The first-order chi connectivity index (χ1) is 10.1. The Labute approximate surface area is 122 Å². The number of carbonyl (C=O) groups excluding carboxylic acids is 1. The van der Waals surface area contributed by atoms with Crippen LogP contribution < -0.4 is 11.1 Å². The van der Waals surface area contributed by atoms with E-state index in [9.17, 15) is 9.90 Å². The van der Waals surface area contributed by atoms with Gasteiger partial charge in [-0.25, -0.2) is 0 Å². The van der Waals surface area contributed by atoms with Crippen LogP contribution in [0.4, 0.5) is 0 Å². The quantitative estimate of drug-likeness (QED) is 0.220. The second-order valence-corrected chi connectivity index (χ2v) is 5.33. The van der Waals surface area contributed by atoms with Crippen molar-refractivity contribution in [1.82, 2.24) is 10.3 Å². The lowest BCUT2D eigenvalue weighted by Gasteiger charge is -2.32. The highest BCUT2D eigenvalue weighted by Crippen LogP contribution is 2.28. The number of hydrogen-bond acceptors (Lipinski definition) is 5. The van der Waals surface area contributed by atoms with E-state index in [1.807, 2.05) is 0 Å². The third-order valence-corrected chi connectivity index (χ3v) is 3.95. The minimum atomic E-state index is -0.863. The number of aromatic hydroxyl groups is 1. The smallest absolute Gasteiger partial charge is 0.255 e. The minimum absolute atomic E-state index is 0.00583. The van der Waals surface area contributed by atoms with Crippen LogP contribution >= 0.6 is 0 Å². The molecule has 5 N–H and O–H groups in total. The van der Waals surface area contributed by atoms with E-state index in [2.05, 4.69) is 15.5 Å². The molecule has 1 fully saturated rings. The standard InChI is InChI=1S/C14H20N4O3/c15-13(18-21)14(6-3-1-2-4-7-14)17-12(20)10-5-8-16-9-11(10)19/h5,8-9,19,21H,1-4,6-7H2,(H2,15,18)(H,17,20). The van der Waals surface area contributed by atoms with Crippen molar-refractivity contribution in [2.75, 3.05) is 0 Å². The van der Waals surface area contributed by atoms with Gasteiger partial charge in [-0.1, -0.05) is 30.8 Å². The second-order valence-electron chi connectivity index (χ2n) is 5.33. The number of carbonyl (C=O) groups is 1. The van der Waals surface area contributed by atoms with E-state index >= 15 is 0 Å². The van der Waals surface area contributed by atoms with E-state index in [0.29, 0.717) is 12.8 Å². The number of nitrogens with zero attached hydrogens (tertiary/aromatic N) is 2. The molecule has 1 saturated carbocycles. The number of nitrogens with one attached hydrogen (secondary N) is 1. The van der Waals surface area contributed by atoms with Gasteiger partial charge in [0.2, 0.25) is 0 Å². The van der Waals surface area contributed by atoms with Gasteiger partial charge in [-0.2, -0.15) is 0 Å². The molecule has 114 valence electrons. The summed E-state index contributed by atoms with van der Waals surface area (Å²) in [6, 6.07) is 1.43. The summed E-state index contributed by atoms with van der Waals surface area (Å²) >= 11 is 0. The molecule has 1 aliphatic carbocycles. The molecular weight excluding hydrogens is 272 g/mol. The molecule has 1 heterocycles. The number of aromatic nitrogens is 1. The van der Waals surface area contributed by atoms with Crippen LogP contribution in [0.1, 0.15) is 48.9 Å². The Morgan fingerprint density at radius 3 is 2.57 bits per heavy atom. The van der Waals surface area contributed by atoms with Crippen LogP contribution in [0.5, 0.6) is 5.75 Å². The predicted octanol–water partition coefficient (Wildman–Crippen LogP) is 1.36. The fourth-order valence-electron chi connectivity index (χ4n) is 2.74. The van der Waals surface area contributed by atoms with Crippen molar-refractivity contribution in [3.8, 4) is 5.75 Å². The van der Waals surface area contributed by atoms with E-state index in [4.69, 9.17) is 10.9 Å². The molecule has 21 heavy (non-hydrogen) atoms. The number of nitrogens with two attached hydrogens (primary N) is 1. The van der Waals surface area contributed by atoms with Crippen molar-refractivity contribution in [2.45, 2.75) is 44.1 Å². The van der Waals surface area contributed by atoms with Crippen LogP contribution in [0.25, 0.3) is 0 Å². The average Bonchev–Trinajstić information content (AvgIpc) is 2.73. The Bertz CT molecular complexity index is 537. The SMILES string of the molecule is N/C(=N/O)C1(NC(=O)c2ccncc2O)CCCCCC1. The Morgan fingerprint density at radius 1 is 1.33 bits per heavy atom. The van der Waals surface area contributed by atoms with Gasteiger partial charge in [0.05, 0.1) is 11.8 Å². The molecule has 1 aromatic heterocycles. The minimum Gasteiger partial charge on any atom is -0.505 e. The molecular formula is C14H20N4O3. The van der Waals surface area contributed by atoms with Gasteiger partial charge in [-0.05, 0) is 18.9 Å². The van der Waals surface area contributed by atoms with E-state index in [1.165, 1.54) is 18.5 Å². The van der Waals surface area contributed by atoms with Gasteiger partial charge in [0, 0.05) is 6.20 Å². The van der Waals surface area contributed by atoms with Gasteiger partial charge in [0.25, 0.3) is 5.91 Å². The van der Waals surface area contributed by atoms with Gasteiger partial charge < -0.3 is 21.4 Å². The zero-order chi connectivity index (χ0) is 15.3. The molecule has 1 amide bonds. The zero-order valence-electron chi connectivity index (χ0n) is 11.7. The molecule has 0 atom stereocenters. The molecule has 0 unspecified atom stereocenters. The van der Waals surface area contributed by atoms with Crippen molar-refractivity contribution in [3.63, 3.8) is 0 Å². The largest absolute Gasteiger partial charge is 0.505 e. The number of pyridine rings is 1. The van der Waals surface area contributed by atoms with Gasteiger partial charge >= 0.3 is 0 Å². The molecule has 2 rings (SSSR count). The van der Waals surface area contributed by atoms with Crippen LogP contribution in [-0.4, -0.2) is 32.6 Å². The van der Waals surface area contributed by atoms with Gasteiger partial charge in [-0.15, -0.1) is 0 Å². The average molecular weight is 292 g/mol. The first kappa shape index (κ1) is 15.1. The second kappa shape index (κ2) is 6.43. The number of oxime groups is 1. The van der Waals surface area contributed by atoms with Crippen LogP contribution in [-0.2, 0) is 0 Å². The molecule has 7 heteroatoms. The maximum atomic E-state index is 12.4. The van der Waals surface area contributed by atoms with Crippen LogP contribution in [0.3, 0.4) is 0 Å². The molecule has 1 aliphatic rings. The van der Waals surface area contributed by atoms with Gasteiger partial charge in [-0.3, -0.25) is 9.78 Å². The molecule has 7 nitrogen and oxygen atoms in total.